The van der Waals surface area contributed by atoms with E-state index in [4.69, 9.17) is 4.42 Å². The van der Waals surface area contributed by atoms with Crippen molar-refractivity contribution >= 4 is 49.8 Å². The van der Waals surface area contributed by atoms with Crippen LogP contribution < -0.4 is 4.90 Å². The molecule has 0 bridgehead atoms. The third-order valence-electron chi connectivity index (χ3n) is 10.8. The third-order valence-corrected chi connectivity index (χ3v) is 10.8. The molecule has 0 saturated carbocycles. The summed E-state index contributed by atoms with van der Waals surface area (Å²) < 4.78 is 6.45. The molecule has 0 amide bonds. The quantitative estimate of drug-likeness (QED) is 0.184. The van der Waals surface area contributed by atoms with Crippen molar-refractivity contribution in [2.75, 3.05) is 4.90 Å². The van der Waals surface area contributed by atoms with Gasteiger partial charge in [-0.05, 0) is 97.7 Å². The van der Waals surface area contributed by atoms with Gasteiger partial charge in [0, 0.05) is 39.3 Å². The standard InChI is InChI=1S/C49H35NO/c1-49(2)45-21-10-8-18-40(45)44-30-37(29-43(48(44)49)33-13-4-3-5-14-33)50(36-27-28-42-41-19-9-11-22-46(41)51-47(42)31-36)35-25-23-34(24-26-35)39-20-12-16-32-15-6-7-17-38(32)39/h3-31H,1-2H3. The lowest BCUT2D eigenvalue weighted by Crippen LogP contribution is -2.17. The molecule has 0 aliphatic heterocycles. The highest BCUT2D eigenvalue weighted by Crippen LogP contribution is 2.54. The molecule has 10 rings (SSSR count). The van der Waals surface area contributed by atoms with Crippen LogP contribution in [0.1, 0.15) is 25.0 Å². The molecule has 0 atom stereocenters. The molecule has 0 radical (unpaired) electrons. The van der Waals surface area contributed by atoms with Crippen LogP contribution in [0.5, 0.6) is 0 Å². The van der Waals surface area contributed by atoms with Crippen LogP contribution in [0.2, 0.25) is 0 Å². The Balaban J connectivity index is 1.21. The largest absolute Gasteiger partial charge is 0.456 e. The number of benzene rings is 8. The Kier molecular flexibility index (Phi) is 6.56. The summed E-state index contributed by atoms with van der Waals surface area (Å²) in [4.78, 5) is 2.39. The zero-order valence-electron chi connectivity index (χ0n) is 28.6. The first-order chi connectivity index (χ1) is 25.0. The Labute approximate surface area is 297 Å². The molecule has 0 fully saturated rings. The van der Waals surface area contributed by atoms with Gasteiger partial charge < -0.3 is 9.32 Å². The second-order valence-electron chi connectivity index (χ2n) is 14.1. The summed E-state index contributed by atoms with van der Waals surface area (Å²) in [6, 6.07) is 63.7. The minimum Gasteiger partial charge on any atom is -0.456 e. The van der Waals surface area contributed by atoms with Crippen LogP contribution >= 0.6 is 0 Å². The van der Waals surface area contributed by atoms with Gasteiger partial charge in [-0.1, -0.05) is 141 Å². The maximum absolute atomic E-state index is 6.45. The maximum Gasteiger partial charge on any atom is 0.137 e. The van der Waals surface area contributed by atoms with Gasteiger partial charge in [-0.2, -0.15) is 0 Å². The smallest absolute Gasteiger partial charge is 0.137 e. The molecule has 1 heterocycles. The molecule has 2 nitrogen and oxygen atoms in total. The first kappa shape index (κ1) is 29.5. The number of furan rings is 1. The van der Waals surface area contributed by atoms with Gasteiger partial charge in [0.2, 0.25) is 0 Å². The number of anilines is 3. The molecule has 0 spiro atoms. The van der Waals surface area contributed by atoms with Gasteiger partial charge in [0.05, 0.1) is 0 Å². The van der Waals surface area contributed by atoms with Gasteiger partial charge in [0.15, 0.2) is 0 Å². The van der Waals surface area contributed by atoms with Crippen LogP contribution in [-0.4, -0.2) is 0 Å². The minimum atomic E-state index is -0.145. The van der Waals surface area contributed by atoms with E-state index in [0.717, 1.165) is 39.0 Å². The highest BCUT2D eigenvalue weighted by atomic mass is 16.3. The van der Waals surface area contributed by atoms with Crippen LogP contribution in [0.15, 0.2) is 180 Å². The summed E-state index contributed by atoms with van der Waals surface area (Å²) in [6.45, 7) is 4.73. The van der Waals surface area contributed by atoms with Crippen molar-refractivity contribution in [2.45, 2.75) is 19.3 Å². The number of nitrogens with zero attached hydrogens (tertiary/aromatic N) is 1. The lowest BCUT2D eigenvalue weighted by Gasteiger charge is -2.29. The van der Waals surface area contributed by atoms with Crippen LogP contribution in [-0.2, 0) is 5.41 Å². The van der Waals surface area contributed by atoms with Crippen LogP contribution in [0, 0.1) is 0 Å². The molecule has 9 aromatic rings. The Hall–Kier alpha value is -6.38. The van der Waals surface area contributed by atoms with Crippen LogP contribution in [0.25, 0.3) is 66.1 Å². The summed E-state index contributed by atoms with van der Waals surface area (Å²) in [7, 11) is 0. The van der Waals surface area contributed by atoms with Gasteiger partial charge in [0.25, 0.3) is 0 Å². The number of para-hydroxylation sites is 1. The van der Waals surface area contributed by atoms with E-state index in [2.05, 4.69) is 183 Å². The SMILES string of the molecule is CC1(C)c2ccccc2-c2cc(N(c3ccc(-c4cccc5ccccc45)cc3)c3ccc4c(c3)oc3ccccc34)cc(-c3ccccc3)c21. The Bertz CT molecular complexity index is 2770. The van der Waals surface area contributed by atoms with Crippen molar-refractivity contribution in [3.63, 3.8) is 0 Å². The average Bonchev–Trinajstić information content (AvgIpc) is 3.66. The normalized spacial score (nSPS) is 13.1. The van der Waals surface area contributed by atoms with Crippen molar-refractivity contribution in [3.05, 3.63) is 187 Å². The molecule has 0 saturated heterocycles. The van der Waals surface area contributed by atoms with E-state index < -0.39 is 0 Å². The van der Waals surface area contributed by atoms with Crippen LogP contribution in [0.4, 0.5) is 17.1 Å². The van der Waals surface area contributed by atoms with Crippen molar-refractivity contribution in [2.24, 2.45) is 0 Å². The van der Waals surface area contributed by atoms with Crippen LogP contribution in [0.3, 0.4) is 0 Å². The zero-order chi connectivity index (χ0) is 34.1. The molecule has 1 aliphatic rings. The molecule has 0 N–H and O–H groups in total. The first-order valence-corrected chi connectivity index (χ1v) is 17.7. The first-order valence-electron chi connectivity index (χ1n) is 17.7. The highest BCUT2D eigenvalue weighted by molar-refractivity contribution is 6.06. The van der Waals surface area contributed by atoms with Gasteiger partial charge in [-0.25, -0.2) is 0 Å². The number of fused-ring (bicyclic) bond motifs is 7. The van der Waals surface area contributed by atoms with Crippen molar-refractivity contribution in [1.82, 2.24) is 0 Å². The van der Waals surface area contributed by atoms with E-state index in [1.54, 1.807) is 0 Å². The molecule has 51 heavy (non-hydrogen) atoms. The minimum absolute atomic E-state index is 0.145. The molecule has 1 aromatic heterocycles. The fraction of sp³-hybridized carbons (Fsp3) is 0.0612. The van der Waals surface area contributed by atoms with E-state index in [9.17, 15) is 0 Å². The summed E-state index contributed by atoms with van der Waals surface area (Å²) >= 11 is 0. The Morgan fingerprint density at radius 1 is 0.412 bits per heavy atom. The van der Waals surface area contributed by atoms with Gasteiger partial charge in [-0.15, -0.1) is 0 Å². The summed E-state index contributed by atoms with van der Waals surface area (Å²) in [5.41, 5.74) is 15.1. The van der Waals surface area contributed by atoms with Gasteiger partial charge in [0.1, 0.15) is 11.2 Å². The van der Waals surface area contributed by atoms with E-state index in [1.165, 1.54) is 55.3 Å². The van der Waals surface area contributed by atoms with E-state index in [0.29, 0.717) is 0 Å². The lowest BCUT2D eigenvalue weighted by atomic mass is 9.78. The topological polar surface area (TPSA) is 16.4 Å². The fourth-order valence-electron chi connectivity index (χ4n) is 8.45. The van der Waals surface area contributed by atoms with E-state index in [1.807, 2.05) is 12.1 Å². The fourth-order valence-corrected chi connectivity index (χ4v) is 8.45. The van der Waals surface area contributed by atoms with Gasteiger partial charge in [-0.3, -0.25) is 0 Å². The number of hydrogen-bond donors (Lipinski definition) is 0. The molecular weight excluding hydrogens is 619 g/mol. The molecule has 8 aromatic carbocycles. The van der Waals surface area contributed by atoms with Crippen molar-refractivity contribution in [3.8, 4) is 33.4 Å². The van der Waals surface area contributed by atoms with E-state index in [-0.39, 0.29) is 5.41 Å². The Morgan fingerprint density at radius 2 is 1.04 bits per heavy atom. The third kappa shape index (κ3) is 4.64. The predicted octanol–water partition coefficient (Wildman–Crippen LogP) is 13.8. The van der Waals surface area contributed by atoms with Gasteiger partial charge >= 0.3 is 0 Å². The lowest BCUT2D eigenvalue weighted by molar-refractivity contribution is 0.662. The summed E-state index contributed by atoms with van der Waals surface area (Å²) in [5, 5.41) is 4.75. The second kappa shape index (κ2) is 11.3. The maximum atomic E-state index is 6.45. The monoisotopic (exact) mass is 653 g/mol. The second-order valence-corrected chi connectivity index (χ2v) is 14.1. The molecule has 1 aliphatic carbocycles. The van der Waals surface area contributed by atoms with Crippen molar-refractivity contribution in [1.29, 1.82) is 0 Å². The summed E-state index contributed by atoms with van der Waals surface area (Å²) in [5.74, 6) is 0. The molecule has 2 heteroatoms. The molecular formula is C49H35NO. The number of rotatable bonds is 5. The Morgan fingerprint density at radius 3 is 1.90 bits per heavy atom. The number of hydrogen-bond acceptors (Lipinski definition) is 2. The molecule has 0 unspecified atom stereocenters. The van der Waals surface area contributed by atoms with E-state index >= 15 is 0 Å². The highest BCUT2D eigenvalue weighted by Gasteiger charge is 2.38. The molecule has 242 valence electrons. The zero-order valence-corrected chi connectivity index (χ0v) is 28.6. The average molecular weight is 654 g/mol. The summed E-state index contributed by atoms with van der Waals surface area (Å²) in [6.07, 6.45) is 0. The van der Waals surface area contributed by atoms with Crippen molar-refractivity contribution < 1.29 is 4.42 Å². The predicted molar refractivity (Wildman–Crippen MR) is 214 cm³/mol.